The minimum Gasteiger partial charge on any atom is -0.494 e. The van der Waals surface area contributed by atoms with Crippen molar-refractivity contribution in [1.82, 2.24) is 0 Å². The molecule has 96 valence electrons. The van der Waals surface area contributed by atoms with Gasteiger partial charge >= 0.3 is 0 Å². The van der Waals surface area contributed by atoms with Crippen LogP contribution in [0.4, 0.5) is 0 Å². The molecule has 2 nitrogen and oxygen atoms in total. The Bertz CT molecular complexity index is 535. The van der Waals surface area contributed by atoms with E-state index in [9.17, 15) is 0 Å². The van der Waals surface area contributed by atoms with Crippen LogP contribution >= 0.6 is 12.2 Å². The molecule has 0 amide bonds. The monoisotopic (exact) mass is 269 g/mol. The largest absolute Gasteiger partial charge is 0.494 e. The zero-order chi connectivity index (χ0) is 13.3. The topological polar surface area (TPSA) is 21.6 Å². The van der Waals surface area contributed by atoms with Gasteiger partial charge < -0.3 is 4.74 Å². The molecule has 0 spiro atoms. The highest BCUT2D eigenvalue weighted by Gasteiger charge is 2.09. The molecular weight excluding hydrogens is 254 g/mol. The Hall–Kier alpha value is -1.96. The summed E-state index contributed by atoms with van der Waals surface area (Å²) in [5.41, 5.74) is 1.14. The van der Waals surface area contributed by atoms with Crippen molar-refractivity contribution in [2.45, 2.75) is 12.5 Å². The highest BCUT2D eigenvalue weighted by Crippen LogP contribution is 2.21. The minimum absolute atomic E-state index is 0.0161. The molecule has 0 aliphatic carbocycles. The first kappa shape index (κ1) is 13.5. The number of benzene rings is 2. The van der Waals surface area contributed by atoms with E-state index in [1.165, 1.54) is 0 Å². The van der Waals surface area contributed by atoms with Crippen LogP contribution in [0.25, 0.3) is 0 Å². The molecule has 0 bridgehead atoms. The number of para-hydroxylation sites is 1. The molecule has 2 aromatic carbocycles. The highest BCUT2D eigenvalue weighted by atomic mass is 32.1. The lowest BCUT2D eigenvalue weighted by atomic mass is 10.1. The first-order chi connectivity index (χ1) is 9.40. The van der Waals surface area contributed by atoms with E-state index in [0.717, 1.165) is 17.7 Å². The van der Waals surface area contributed by atoms with Crippen LogP contribution in [0.5, 0.6) is 5.75 Å². The third-order valence-corrected chi connectivity index (χ3v) is 2.90. The van der Waals surface area contributed by atoms with Gasteiger partial charge in [-0.25, -0.2) is 4.99 Å². The fraction of sp³-hybridized carbons (Fsp3) is 0.188. The summed E-state index contributed by atoms with van der Waals surface area (Å²) >= 11 is 4.71. The average Bonchev–Trinajstić information content (AvgIpc) is 2.48. The second kappa shape index (κ2) is 7.47. The van der Waals surface area contributed by atoms with Crippen molar-refractivity contribution in [3.8, 4) is 5.75 Å². The van der Waals surface area contributed by atoms with Gasteiger partial charge in [0.1, 0.15) is 5.75 Å². The summed E-state index contributed by atoms with van der Waals surface area (Å²) in [6, 6.07) is 19.9. The number of isothiocyanates is 1. The molecule has 0 fully saturated rings. The second-order valence-electron chi connectivity index (χ2n) is 4.10. The number of nitrogens with zero attached hydrogens (tertiary/aromatic N) is 1. The molecule has 0 saturated heterocycles. The van der Waals surface area contributed by atoms with Gasteiger partial charge in [-0.15, -0.1) is 0 Å². The Morgan fingerprint density at radius 2 is 1.63 bits per heavy atom. The van der Waals surface area contributed by atoms with E-state index in [0.29, 0.717) is 6.61 Å². The van der Waals surface area contributed by atoms with Crippen LogP contribution in [0.15, 0.2) is 65.7 Å². The van der Waals surface area contributed by atoms with Gasteiger partial charge in [0.2, 0.25) is 0 Å². The summed E-state index contributed by atoms with van der Waals surface area (Å²) in [5, 5.41) is 2.47. The van der Waals surface area contributed by atoms with Gasteiger partial charge in [0.25, 0.3) is 0 Å². The summed E-state index contributed by atoms with van der Waals surface area (Å²) < 4.78 is 5.68. The third-order valence-electron chi connectivity index (χ3n) is 2.80. The van der Waals surface area contributed by atoms with Crippen molar-refractivity contribution in [2.24, 2.45) is 4.99 Å². The maximum absolute atomic E-state index is 5.68. The smallest absolute Gasteiger partial charge is 0.119 e. The number of rotatable bonds is 6. The van der Waals surface area contributed by atoms with Gasteiger partial charge in [-0.05, 0) is 29.9 Å². The van der Waals surface area contributed by atoms with Crippen molar-refractivity contribution < 1.29 is 4.74 Å². The van der Waals surface area contributed by atoms with Crippen LogP contribution in [0.1, 0.15) is 18.0 Å². The Balaban J connectivity index is 1.93. The van der Waals surface area contributed by atoms with E-state index in [4.69, 9.17) is 17.0 Å². The van der Waals surface area contributed by atoms with E-state index in [-0.39, 0.29) is 6.04 Å². The molecule has 0 radical (unpaired) electrons. The molecule has 0 aliphatic heterocycles. The Morgan fingerprint density at radius 1 is 1.00 bits per heavy atom. The quantitative estimate of drug-likeness (QED) is 0.576. The zero-order valence-corrected chi connectivity index (χ0v) is 11.3. The number of hydrogen-bond donors (Lipinski definition) is 0. The first-order valence-corrected chi connectivity index (χ1v) is 6.61. The molecule has 3 heteroatoms. The summed E-state index contributed by atoms with van der Waals surface area (Å²) in [7, 11) is 0. The molecule has 1 unspecified atom stereocenters. The number of thiocarbonyl (C=S) groups is 1. The number of hydrogen-bond acceptors (Lipinski definition) is 3. The van der Waals surface area contributed by atoms with Crippen molar-refractivity contribution >= 4 is 17.4 Å². The Kier molecular flexibility index (Phi) is 5.30. The Labute approximate surface area is 118 Å². The summed E-state index contributed by atoms with van der Waals surface area (Å²) in [6.07, 6.45) is 0.780. The van der Waals surface area contributed by atoms with Gasteiger partial charge in [0.05, 0.1) is 17.8 Å². The van der Waals surface area contributed by atoms with Crippen LogP contribution in [-0.2, 0) is 0 Å². The predicted octanol–water partition coefficient (Wildman–Crippen LogP) is 4.30. The molecule has 0 saturated carbocycles. The standard InChI is InChI=1S/C16H15NOS/c19-13-17-16(14-7-3-1-4-8-14)11-12-18-15-9-5-2-6-10-15/h1-10,16H,11-12H2. The van der Waals surface area contributed by atoms with E-state index in [1.54, 1.807) is 0 Å². The first-order valence-electron chi connectivity index (χ1n) is 6.20. The van der Waals surface area contributed by atoms with Crippen LogP contribution in [0.3, 0.4) is 0 Å². The van der Waals surface area contributed by atoms with Crippen molar-refractivity contribution in [1.29, 1.82) is 0 Å². The fourth-order valence-electron chi connectivity index (χ4n) is 1.85. The number of ether oxygens (including phenoxy) is 1. The number of aliphatic imine (C=N–C) groups is 1. The summed E-state index contributed by atoms with van der Waals surface area (Å²) in [5.74, 6) is 0.876. The van der Waals surface area contributed by atoms with Crippen molar-refractivity contribution in [3.05, 3.63) is 66.2 Å². The van der Waals surface area contributed by atoms with Crippen LogP contribution in [0.2, 0.25) is 0 Å². The summed E-state index contributed by atoms with van der Waals surface area (Å²) in [4.78, 5) is 4.21. The lowest BCUT2D eigenvalue weighted by Crippen LogP contribution is -2.04. The van der Waals surface area contributed by atoms with Crippen LogP contribution in [-0.4, -0.2) is 11.8 Å². The van der Waals surface area contributed by atoms with E-state index >= 15 is 0 Å². The molecule has 0 aliphatic rings. The second-order valence-corrected chi connectivity index (χ2v) is 4.28. The molecule has 2 aromatic rings. The molecule has 0 N–H and O–H groups in total. The van der Waals surface area contributed by atoms with E-state index < -0.39 is 0 Å². The molecule has 2 rings (SSSR count). The van der Waals surface area contributed by atoms with Crippen LogP contribution < -0.4 is 4.74 Å². The Morgan fingerprint density at radius 3 is 2.26 bits per heavy atom. The maximum Gasteiger partial charge on any atom is 0.119 e. The summed E-state index contributed by atoms with van der Waals surface area (Å²) in [6.45, 7) is 0.601. The maximum atomic E-state index is 5.68. The molecular formula is C16H15NOS. The van der Waals surface area contributed by atoms with E-state index in [2.05, 4.69) is 10.2 Å². The van der Waals surface area contributed by atoms with Gasteiger partial charge in [-0.2, -0.15) is 0 Å². The minimum atomic E-state index is 0.0161. The van der Waals surface area contributed by atoms with Gasteiger partial charge in [0, 0.05) is 6.42 Å². The predicted molar refractivity (Wildman–Crippen MR) is 80.8 cm³/mol. The lowest BCUT2D eigenvalue weighted by Gasteiger charge is -2.12. The molecule has 0 heterocycles. The molecule has 1 atom stereocenters. The van der Waals surface area contributed by atoms with Gasteiger partial charge in [-0.3, -0.25) is 0 Å². The van der Waals surface area contributed by atoms with Gasteiger partial charge in [-0.1, -0.05) is 48.5 Å². The molecule has 0 aromatic heterocycles. The SMILES string of the molecule is S=C=NC(CCOc1ccccc1)c1ccccc1. The van der Waals surface area contributed by atoms with Crippen molar-refractivity contribution in [3.63, 3.8) is 0 Å². The fourth-order valence-corrected chi connectivity index (χ4v) is 1.98. The highest BCUT2D eigenvalue weighted by molar-refractivity contribution is 7.78. The van der Waals surface area contributed by atoms with Gasteiger partial charge in [0.15, 0.2) is 0 Å². The van der Waals surface area contributed by atoms with Crippen LogP contribution in [0, 0.1) is 0 Å². The normalized spacial score (nSPS) is 11.4. The average molecular weight is 269 g/mol. The van der Waals surface area contributed by atoms with Crippen molar-refractivity contribution in [2.75, 3.05) is 6.61 Å². The molecule has 19 heavy (non-hydrogen) atoms. The van der Waals surface area contributed by atoms with E-state index in [1.807, 2.05) is 60.7 Å². The third kappa shape index (κ3) is 4.32. The lowest BCUT2D eigenvalue weighted by molar-refractivity contribution is 0.299. The zero-order valence-electron chi connectivity index (χ0n) is 10.5.